The van der Waals surface area contributed by atoms with Gasteiger partial charge < -0.3 is 20.5 Å². The van der Waals surface area contributed by atoms with Gasteiger partial charge in [0.05, 0.1) is 11.0 Å². The van der Waals surface area contributed by atoms with Crippen molar-refractivity contribution < 1.29 is 14.8 Å². The van der Waals surface area contributed by atoms with Crippen molar-refractivity contribution in [1.82, 2.24) is 4.90 Å². The lowest BCUT2D eigenvalue weighted by Gasteiger charge is -2.21. The van der Waals surface area contributed by atoms with Crippen molar-refractivity contribution in [2.24, 2.45) is 0 Å². The zero-order valence-corrected chi connectivity index (χ0v) is 13.0. The molecule has 1 rings (SSSR count). The lowest BCUT2D eigenvalue weighted by molar-refractivity contribution is -0.384. The van der Waals surface area contributed by atoms with E-state index >= 15 is 0 Å². The van der Waals surface area contributed by atoms with Crippen molar-refractivity contribution >= 4 is 23.8 Å². The van der Waals surface area contributed by atoms with Crippen molar-refractivity contribution in [3.63, 3.8) is 0 Å². The van der Waals surface area contributed by atoms with Crippen LogP contribution >= 0.6 is 12.4 Å². The molecule has 120 valence electrons. The van der Waals surface area contributed by atoms with Crippen molar-refractivity contribution in [1.29, 1.82) is 0 Å². The summed E-state index contributed by atoms with van der Waals surface area (Å²) in [5.74, 6) is 0.324. The number of nitrogen functional groups attached to an aromatic ring is 1. The molecule has 0 saturated carbocycles. The first kappa shape index (κ1) is 19.4. The molecule has 7 nitrogen and oxygen atoms in total. The molecule has 1 atom stereocenters. The minimum atomic E-state index is -0.647. The van der Waals surface area contributed by atoms with E-state index in [1.807, 2.05) is 13.8 Å². The van der Waals surface area contributed by atoms with Crippen LogP contribution in [0, 0.1) is 10.1 Å². The van der Waals surface area contributed by atoms with Crippen LogP contribution in [0.1, 0.15) is 13.8 Å². The van der Waals surface area contributed by atoms with Gasteiger partial charge >= 0.3 is 0 Å². The monoisotopic (exact) mass is 319 g/mol. The van der Waals surface area contributed by atoms with Crippen LogP contribution < -0.4 is 10.5 Å². The second-order valence-corrected chi connectivity index (χ2v) is 4.43. The summed E-state index contributed by atoms with van der Waals surface area (Å²) in [5.41, 5.74) is 5.39. The van der Waals surface area contributed by atoms with E-state index in [1.165, 1.54) is 12.1 Å². The smallest absolute Gasteiger partial charge is 0.295 e. The molecule has 0 aromatic heterocycles. The summed E-state index contributed by atoms with van der Waals surface area (Å²) >= 11 is 0. The van der Waals surface area contributed by atoms with Crippen LogP contribution in [-0.2, 0) is 0 Å². The molecule has 8 heteroatoms. The number of likely N-dealkylation sites (N-methyl/N-ethyl adjacent to an activating group) is 1. The lowest BCUT2D eigenvalue weighted by atomic mass is 10.2. The molecule has 0 fully saturated rings. The van der Waals surface area contributed by atoms with E-state index in [0.29, 0.717) is 12.3 Å². The highest BCUT2D eigenvalue weighted by Crippen LogP contribution is 2.26. The van der Waals surface area contributed by atoms with Crippen molar-refractivity contribution in [3.8, 4) is 5.75 Å². The SMILES string of the molecule is CCN(CC)CC(O)COc1ccc(N)c([N+](=O)[O-])c1.Cl. The van der Waals surface area contributed by atoms with Gasteiger partial charge in [0, 0.05) is 6.54 Å². The highest BCUT2D eigenvalue weighted by atomic mass is 35.5. The molecule has 0 saturated heterocycles. The number of rotatable bonds is 8. The maximum Gasteiger partial charge on any atom is 0.295 e. The predicted octanol–water partition coefficient (Wildman–Crippen LogP) is 1.68. The maximum atomic E-state index is 10.7. The topological polar surface area (TPSA) is 102 Å². The van der Waals surface area contributed by atoms with E-state index in [-0.39, 0.29) is 30.4 Å². The second kappa shape index (κ2) is 9.38. The van der Waals surface area contributed by atoms with Gasteiger partial charge in [0.15, 0.2) is 0 Å². The number of aliphatic hydroxyl groups is 1. The third-order valence-electron chi connectivity index (χ3n) is 3.00. The minimum Gasteiger partial charge on any atom is -0.491 e. The number of halogens is 1. The Bertz CT molecular complexity index is 455. The number of hydrogen-bond donors (Lipinski definition) is 2. The Labute approximate surface area is 130 Å². The Morgan fingerprint density at radius 2 is 2.05 bits per heavy atom. The summed E-state index contributed by atoms with van der Waals surface area (Å²) in [5, 5.41) is 20.6. The van der Waals surface area contributed by atoms with E-state index in [0.717, 1.165) is 13.1 Å². The number of benzene rings is 1. The van der Waals surface area contributed by atoms with Crippen LogP contribution in [0.3, 0.4) is 0 Å². The highest BCUT2D eigenvalue weighted by Gasteiger charge is 2.14. The quantitative estimate of drug-likeness (QED) is 0.429. The number of nitro groups is 1. The third-order valence-corrected chi connectivity index (χ3v) is 3.00. The number of nitro benzene ring substituents is 1. The molecule has 0 heterocycles. The Hall–Kier alpha value is -1.57. The fraction of sp³-hybridized carbons (Fsp3) is 0.538. The molecule has 0 bridgehead atoms. The Kier molecular flexibility index (Phi) is 8.68. The van der Waals surface area contributed by atoms with Crippen LogP contribution in [-0.4, -0.2) is 47.3 Å². The third kappa shape index (κ3) is 6.16. The first-order chi connectivity index (χ1) is 9.47. The van der Waals surface area contributed by atoms with Crippen LogP contribution in [0.25, 0.3) is 0 Å². The summed E-state index contributed by atoms with van der Waals surface area (Å²) < 4.78 is 5.37. The summed E-state index contributed by atoms with van der Waals surface area (Å²) in [6, 6.07) is 4.23. The van der Waals surface area contributed by atoms with Gasteiger partial charge in [0.1, 0.15) is 24.1 Å². The van der Waals surface area contributed by atoms with E-state index < -0.39 is 11.0 Å². The van der Waals surface area contributed by atoms with Gasteiger partial charge in [-0.25, -0.2) is 0 Å². The summed E-state index contributed by atoms with van der Waals surface area (Å²) in [6.07, 6.45) is -0.647. The van der Waals surface area contributed by atoms with Crippen LogP contribution in [0.5, 0.6) is 5.75 Å². The van der Waals surface area contributed by atoms with Crippen LogP contribution in [0.2, 0.25) is 0 Å². The molecule has 1 unspecified atom stereocenters. The number of anilines is 1. The number of aliphatic hydroxyl groups excluding tert-OH is 1. The van der Waals surface area contributed by atoms with E-state index in [1.54, 1.807) is 6.07 Å². The molecule has 1 aromatic carbocycles. The van der Waals surface area contributed by atoms with E-state index in [9.17, 15) is 15.2 Å². The first-order valence-electron chi connectivity index (χ1n) is 6.55. The molecule has 0 radical (unpaired) electrons. The predicted molar refractivity (Wildman–Crippen MR) is 84.0 cm³/mol. The van der Waals surface area contributed by atoms with Crippen LogP contribution in [0.4, 0.5) is 11.4 Å². The summed E-state index contributed by atoms with van der Waals surface area (Å²) in [6.45, 7) is 6.31. The Morgan fingerprint density at radius 1 is 1.43 bits per heavy atom. The molecule has 1 aromatic rings. The Balaban J connectivity index is 0.00000400. The minimum absolute atomic E-state index is 0. The largest absolute Gasteiger partial charge is 0.491 e. The Morgan fingerprint density at radius 3 is 2.57 bits per heavy atom. The van der Waals surface area contributed by atoms with Crippen LogP contribution in [0.15, 0.2) is 18.2 Å². The van der Waals surface area contributed by atoms with Gasteiger partial charge in [-0.05, 0) is 25.2 Å². The summed E-state index contributed by atoms with van der Waals surface area (Å²) in [7, 11) is 0. The number of hydrogen-bond acceptors (Lipinski definition) is 6. The molecule has 0 amide bonds. The molecule has 0 spiro atoms. The van der Waals surface area contributed by atoms with Crippen molar-refractivity contribution in [3.05, 3.63) is 28.3 Å². The molecule has 0 aliphatic carbocycles. The number of ether oxygens (including phenoxy) is 1. The van der Waals surface area contributed by atoms with Crippen molar-refractivity contribution in [2.75, 3.05) is 32.0 Å². The lowest BCUT2D eigenvalue weighted by Crippen LogP contribution is -2.35. The van der Waals surface area contributed by atoms with E-state index in [4.69, 9.17) is 10.5 Å². The van der Waals surface area contributed by atoms with Gasteiger partial charge in [0.2, 0.25) is 0 Å². The number of nitrogens with two attached hydrogens (primary N) is 1. The average Bonchev–Trinajstić information content (AvgIpc) is 2.43. The molecule has 21 heavy (non-hydrogen) atoms. The van der Waals surface area contributed by atoms with Gasteiger partial charge in [-0.2, -0.15) is 0 Å². The second-order valence-electron chi connectivity index (χ2n) is 4.43. The first-order valence-corrected chi connectivity index (χ1v) is 6.55. The molecular formula is C13H22ClN3O4. The maximum absolute atomic E-state index is 10.7. The van der Waals surface area contributed by atoms with Gasteiger partial charge in [-0.1, -0.05) is 13.8 Å². The highest BCUT2D eigenvalue weighted by molar-refractivity contribution is 5.85. The van der Waals surface area contributed by atoms with Gasteiger partial charge in [-0.15, -0.1) is 12.4 Å². The fourth-order valence-corrected chi connectivity index (χ4v) is 1.80. The summed E-state index contributed by atoms with van der Waals surface area (Å²) in [4.78, 5) is 12.3. The number of nitrogens with zero attached hydrogens (tertiary/aromatic N) is 2. The fourth-order valence-electron chi connectivity index (χ4n) is 1.80. The van der Waals surface area contributed by atoms with Gasteiger partial charge in [-0.3, -0.25) is 10.1 Å². The molecule has 0 aliphatic rings. The zero-order chi connectivity index (χ0) is 15.1. The molecule has 3 N–H and O–H groups in total. The van der Waals surface area contributed by atoms with Crippen molar-refractivity contribution in [2.45, 2.75) is 20.0 Å². The zero-order valence-electron chi connectivity index (χ0n) is 12.2. The molecular weight excluding hydrogens is 298 g/mol. The normalized spacial score (nSPS) is 11.8. The van der Waals surface area contributed by atoms with Gasteiger partial charge in [0.25, 0.3) is 5.69 Å². The van der Waals surface area contributed by atoms with E-state index in [2.05, 4.69) is 4.90 Å². The average molecular weight is 320 g/mol. The molecule has 0 aliphatic heterocycles. The standard InChI is InChI=1S/C13H21N3O4.ClH/c1-3-15(4-2)8-10(17)9-20-11-5-6-12(14)13(7-11)16(18)19;/h5-7,10,17H,3-4,8-9,14H2,1-2H3;1H.